The Balaban J connectivity index is 2.24. The van der Waals surface area contributed by atoms with Gasteiger partial charge in [-0.05, 0) is 19.3 Å². The summed E-state index contributed by atoms with van der Waals surface area (Å²) < 4.78 is 1.53. The quantitative estimate of drug-likeness (QED) is 0.519. The number of rotatable bonds is 5. The van der Waals surface area contributed by atoms with E-state index in [0.717, 1.165) is 19.3 Å². The first-order chi connectivity index (χ1) is 6.20. The van der Waals surface area contributed by atoms with Crippen molar-refractivity contribution in [3.63, 3.8) is 0 Å². The fraction of sp³-hybridized carbons (Fsp3) is 0.571. The highest BCUT2D eigenvalue weighted by atomic mass is 32.1. The zero-order valence-corrected chi connectivity index (χ0v) is 8.01. The normalized spacial score (nSPS) is 10.2. The molecule has 0 fully saturated rings. The fourth-order valence-corrected chi connectivity index (χ4v) is 1.16. The second kappa shape index (κ2) is 4.76. The Labute approximate surface area is 80.9 Å². The van der Waals surface area contributed by atoms with Gasteiger partial charge < -0.3 is 5.73 Å². The Morgan fingerprint density at radius 3 is 3.00 bits per heavy atom. The van der Waals surface area contributed by atoms with E-state index in [9.17, 15) is 4.79 Å². The molecule has 1 rings (SSSR count). The Bertz CT molecular complexity index is 329. The Morgan fingerprint density at radius 2 is 2.46 bits per heavy atom. The summed E-state index contributed by atoms with van der Waals surface area (Å²) in [5.74, 6) is 0. The first-order valence-corrected chi connectivity index (χ1v) is 4.49. The third-order valence-corrected chi connectivity index (χ3v) is 1.89. The summed E-state index contributed by atoms with van der Waals surface area (Å²) in [6, 6.07) is 0. The molecule has 0 aliphatic rings. The standard InChI is InChI=1S/C7H12N4OS/c8-6(13)3-1-2-4-11-5-9-10-7(11)12/h5H,1-4H2,(H2,8,13)(H,10,12). The van der Waals surface area contributed by atoms with Gasteiger partial charge in [0.2, 0.25) is 0 Å². The zero-order valence-electron chi connectivity index (χ0n) is 7.19. The molecule has 0 unspecified atom stereocenters. The monoisotopic (exact) mass is 200 g/mol. The van der Waals surface area contributed by atoms with Crippen LogP contribution in [0.25, 0.3) is 0 Å². The molecule has 1 aromatic heterocycles. The first kappa shape index (κ1) is 9.91. The number of nitrogens with two attached hydrogens (primary N) is 1. The lowest BCUT2D eigenvalue weighted by molar-refractivity contribution is 0.604. The van der Waals surface area contributed by atoms with E-state index in [1.807, 2.05) is 0 Å². The molecule has 5 nitrogen and oxygen atoms in total. The summed E-state index contributed by atoms with van der Waals surface area (Å²) >= 11 is 4.73. The van der Waals surface area contributed by atoms with Crippen LogP contribution >= 0.6 is 12.2 Å². The maximum atomic E-state index is 10.9. The number of thiocarbonyl (C=S) groups is 1. The second-order valence-electron chi connectivity index (χ2n) is 2.78. The van der Waals surface area contributed by atoms with Crippen LogP contribution in [0, 0.1) is 0 Å². The smallest absolute Gasteiger partial charge is 0.343 e. The van der Waals surface area contributed by atoms with Crippen molar-refractivity contribution in [1.29, 1.82) is 0 Å². The Kier molecular flexibility index (Phi) is 3.63. The zero-order chi connectivity index (χ0) is 9.68. The molecule has 0 saturated carbocycles. The van der Waals surface area contributed by atoms with Crippen molar-refractivity contribution in [1.82, 2.24) is 14.8 Å². The highest BCUT2D eigenvalue weighted by Gasteiger charge is 1.96. The van der Waals surface area contributed by atoms with Crippen molar-refractivity contribution in [3.05, 3.63) is 16.8 Å². The first-order valence-electron chi connectivity index (χ1n) is 4.08. The number of hydrogen-bond acceptors (Lipinski definition) is 3. The van der Waals surface area contributed by atoms with Crippen LogP contribution in [0.3, 0.4) is 0 Å². The van der Waals surface area contributed by atoms with E-state index in [2.05, 4.69) is 10.2 Å². The number of unbranched alkanes of at least 4 members (excludes halogenated alkanes) is 1. The van der Waals surface area contributed by atoms with E-state index in [0.29, 0.717) is 11.5 Å². The Morgan fingerprint density at radius 1 is 1.69 bits per heavy atom. The van der Waals surface area contributed by atoms with E-state index < -0.39 is 0 Å². The number of nitrogens with zero attached hydrogens (tertiary/aromatic N) is 2. The van der Waals surface area contributed by atoms with Crippen molar-refractivity contribution in [2.45, 2.75) is 25.8 Å². The lowest BCUT2D eigenvalue weighted by Crippen LogP contribution is -2.16. The molecule has 0 radical (unpaired) electrons. The van der Waals surface area contributed by atoms with Crippen LogP contribution in [0.5, 0.6) is 0 Å². The molecule has 0 amide bonds. The minimum absolute atomic E-state index is 0.171. The third-order valence-electron chi connectivity index (χ3n) is 1.69. The van der Waals surface area contributed by atoms with Crippen molar-refractivity contribution < 1.29 is 0 Å². The molecule has 0 atom stereocenters. The van der Waals surface area contributed by atoms with E-state index >= 15 is 0 Å². The summed E-state index contributed by atoms with van der Waals surface area (Å²) in [7, 11) is 0. The number of aromatic nitrogens is 3. The summed E-state index contributed by atoms with van der Waals surface area (Å²) in [6.45, 7) is 0.665. The van der Waals surface area contributed by atoms with E-state index in [1.165, 1.54) is 10.9 Å². The van der Waals surface area contributed by atoms with Gasteiger partial charge in [-0.1, -0.05) is 12.2 Å². The average molecular weight is 200 g/mol. The maximum absolute atomic E-state index is 10.9. The van der Waals surface area contributed by atoms with Crippen molar-refractivity contribution in [2.24, 2.45) is 5.73 Å². The minimum atomic E-state index is -0.171. The Hall–Kier alpha value is -1.17. The van der Waals surface area contributed by atoms with Crippen LogP contribution < -0.4 is 11.4 Å². The number of aromatic amines is 1. The van der Waals surface area contributed by atoms with Crippen LogP contribution in [-0.4, -0.2) is 19.8 Å². The van der Waals surface area contributed by atoms with E-state index in [4.69, 9.17) is 18.0 Å². The van der Waals surface area contributed by atoms with Gasteiger partial charge in [-0.25, -0.2) is 9.89 Å². The van der Waals surface area contributed by atoms with Gasteiger partial charge in [-0.3, -0.25) is 4.57 Å². The van der Waals surface area contributed by atoms with Crippen LogP contribution in [0.15, 0.2) is 11.1 Å². The summed E-state index contributed by atoms with van der Waals surface area (Å²) in [5.41, 5.74) is 5.16. The van der Waals surface area contributed by atoms with E-state index in [1.54, 1.807) is 0 Å². The van der Waals surface area contributed by atoms with Gasteiger partial charge >= 0.3 is 5.69 Å². The molecule has 0 spiro atoms. The molecule has 0 saturated heterocycles. The van der Waals surface area contributed by atoms with Gasteiger partial charge in [0.25, 0.3) is 0 Å². The maximum Gasteiger partial charge on any atom is 0.343 e. The van der Waals surface area contributed by atoms with E-state index in [-0.39, 0.29) is 5.69 Å². The highest BCUT2D eigenvalue weighted by Crippen LogP contribution is 1.96. The predicted octanol–water partition coefficient (Wildman–Crippen LogP) is 0.0278. The SMILES string of the molecule is NC(=S)CCCCn1cn[nH]c1=O. The predicted molar refractivity (Wildman–Crippen MR) is 53.5 cm³/mol. The lowest BCUT2D eigenvalue weighted by Gasteiger charge is -1.99. The topological polar surface area (TPSA) is 76.7 Å². The number of H-pyrrole nitrogens is 1. The van der Waals surface area contributed by atoms with Crippen LogP contribution in [-0.2, 0) is 6.54 Å². The largest absolute Gasteiger partial charge is 0.393 e. The lowest BCUT2D eigenvalue weighted by atomic mass is 10.2. The van der Waals surface area contributed by atoms with Gasteiger partial charge in [0.05, 0.1) is 4.99 Å². The third kappa shape index (κ3) is 3.37. The molecule has 1 aromatic rings. The van der Waals surface area contributed by atoms with Crippen molar-refractivity contribution in [2.75, 3.05) is 0 Å². The van der Waals surface area contributed by atoms with Crippen LogP contribution in [0.4, 0.5) is 0 Å². The van der Waals surface area contributed by atoms with Crippen LogP contribution in [0.1, 0.15) is 19.3 Å². The van der Waals surface area contributed by atoms with Crippen LogP contribution in [0.2, 0.25) is 0 Å². The number of hydrogen-bond donors (Lipinski definition) is 2. The summed E-state index contributed by atoms with van der Waals surface area (Å²) in [5, 5.41) is 5.94. The highest BCUT2D eigenvalue weighted by molar-refractivity contribution is 7.80. The molecule has 6 heteroatoms. The molecule has 0 aromatic carbocycles. The molecular formula is C7H12N4OS. The minimum Gasteiger partial charge on any atom is -0.393 e. The molecule has 13 heavy (non-hydrogen) atoms. The van der Waals surface area contributed by atoms with Gasteiger partial charge in [-0.2, -0.15) is 5.10 Å². The van der Waals surface area contributed by atoms with Gasteiger partial charge in [0.15, 0.2) is 0 Å². The fourth-order valence-electron chi connectivity index (χ4n) is 1.01. The molecule has 3 N–H and O–H groups in total. The van der Waals surface area contributed by atoms with Gasteiger partial charge in [0, 0.05) is 6.54 Å². The van der Waals surface area contributed by atoms with Crippen molar-refractivity contribution in [3.8, 4) is 0 Å². The summed E-state index contributed by atoms with van der Waals surface area (Å²) in [4.78, 5) is 11.5. The van der Waals surface area contributed by atoms with Crippen molar-refractivity contribution >= 4 is 17.2 Å². The molecule has 1 heterocycles. The number of aryl methyl sites for hydroxylation is 1. The molecule has 0 aliphatic carbocycles. The average Bonchev–Trinajstić information content (AvgIpc) is 2.45. The molecule has 0 bridgehead atoms. The molecular weight excluding hydrogens is 188 g/mol. The van der Waals surface area contributed by atoms with Gasteiger partial charge in [-0.15, -0.1) is 0 Å². The van der Waals surface area contributed by atoms with Gasteiger partial charge in [0.1, 0.15) is 6.33 Å². The molecule has 72 valence electrons. The number of nitrogens with one attached hydrogen (secondary N) is 1. The molecule has 0 aliphatic heterocycles. The summed E-state index contributed by atoms with van der Waals surface area (Å²) in [6.07, 6.45) is 4.02. The second-order valence-corrected chi connectivity index (χ2v) is 3.30.